The Morgan fingerprint density at radius 1 is 0.824 bits per heavy atom. The van der Waals surface area contributed by atoms with Gasteiger partial charge in [-0.2, -0.15) is 0 Å². The lowest BCUT2D eigenvalue weighted by Crippen LogP contribution is -2.31. The first-order valence-corrected chi connectivity index (χ1v) is 11.1. The van der Waals surface area contributed by atoms with Gasteiger partial charge in [-0.25, -0.2) is 4.98 Å². The monoisotopic (exact) mass is 453 g/mol. The fourth-order valence-corrected chi connectivity index (χ4v) is 4.18. The number of fused-ring (bicyclic) bond motifs is 1. The number of aromatic hydroxyl groups is 1. The summed E-state index contributed by atoms with van der Waals surface area (Å²) in [4.78, 5) is 35.5. The molecule has 7 heteroatoms. The molecule has 0 radical (unpaired) electrons. The number of benzene rings is 3. The van der Waals surface area contributed by atoms with Crippen molar-refractivity contribution < 1.29 is 19.5 Å². The predicted octanol–water partition coefficient (Wildman–Crippen LogP) is 4.00. The van der Waals surface area contributed by atoms with Gasteiger partial charge in [0.2, 0.25) is 0 Å². The Kier molecular flexibility index (Phi) is 5.93. The summed E-state index contributed by atoms with van der Waals surface area (Å²) in [7, 11) is 0. The average Bonchev–Trinajstić information content (AvgIpc) is 3.33. The maximum Gasteiger partial charge on any atom is 0.285 e. The van der Waals surface area contributed by atoms with E-state index in [0.717, 1.165) is 27.6 Å². The van der Waals surface area contributed by atoms with E-state index in [1.807, 2.05) is 41.0 Å². The Labute approximate surface area is 196 Å². The molecule has 0 aliphatic carbocycles. The van der Waals surface area contributed by atoms with Crippen molar-refractivity contribution in [3.8, 4) is 5.75 Å². The molecule has 0 saturated carbocycles. The van der Waals surface area contributed by atoms with Crippen molar-refractivity contribution in [3.63, 3.8) is 0 Å². The lowest BCUT2D eigenvalue weighted by molar-refractivity contribution is -0.0905. The van der Waals surface area contributed by atoms with Gasteiger partial charge >= 0.3 is 0 Å². The summed E-state index contributed by atoms with van der Waals surface area (Å²) in [5.74, 6) is -0.686. The first kappa shape index (κ1) is 21.6. The Morgan fingerprint density at radius 3 is 2.21 bits per heavy atom. The predicted molar refractivity (Wildman–Crippen MR) is 125 cm³/mol. The van der Waals surface area contributed by atoms with Crippen LogP contribution >= 0.6 is 0 Å². The van der Waals surface area contributed by atoms with Crippen LogP contribution in [0.25, 0.3) is 0 Å². The second-order valence-corrected chi connectivity index (χ2v) is 8.13. The van der Waals surface area contributed by atoms with Crippen molar-refractivity contribution in [1.29, 1.82) is 0 Å². The van der Waals surface area contributed by atoms with Crippen LogP contribution < -0.4 is 0 Å². The number of carbonyl (C=O) groups is 2. The number of imide groups is 1. The van der Waals surface area contributed by atoms with Crippen LogP contribution in [0.15, 0.2) is 85.2 Å². The van der Waals surface area contributed by atoms with Gasteiger partial charge in [-0.1, -0.05) is 54.6 Å². The van der Waals surface area contributed by atoms with Crippen molar-refractivity contribution in [3.05, 3.63) is 119 Å². The van der Waals surface area contributed by atoms with Crippen LogP contribution in [0.2, 0.25) is 0 Å². The van der Waals surface area contributed by atoms with Crippen LogP contribution in [-0.4, -0.2) is 38.1 Å². The second kappa shape index (κ2) is 9.33. The molecule has 0 atom stereocenters. The zero-order chi connectivity index (χ0) is 23.5. The molecule has 0 saturated heterocycles. The molecular formula is C27H23N3O4. The van der Waals surface area contributed by atoms with Gasteiger partial charge in [-0.3, -0.25) is 14.4 Å². The SMILES string of the molecule is O=C1c2ccccc2C(=O)N1OCCc1c(Cc2ccccc2)ncn1Cc1cccc(O)c1. The van der Waals surface area contributed by atoms with Crippen molar-refractivity contribution in [2.24, 2.45) is 0 Å². The van der Waals surface area contributed by atoms with E-state index in [1.54, 1.807) is 48.8 Å². The molecule has 0 bridgehead atoms. The van der Waals surface area contributed by atoms with E-state index in [1.165, 1.54) is 0 Å². The summed E-state index contributed by atoms with van der Waals surface area (Å²) in [6, 6.07) is 23.9. The summed E-state index contributed by atoms with van der Waals surface area (Å²) in [6.07, 6.45) is 2.88. The Morgan fingerprint density at radius 2 is 1.50 bits per heavy atom. The number of hydroxylamine groups is 2. The number of hydrogen-bond donors (Lipinski definition) is 1. The highest BCUT2D eigenvalue weighted by Crippen LogP contribution is 2.23. The summed E-state index contributed by atoms with van der Waals surface area (Å²) < 4.78 is 2.01. The Bertz CT molecular complexity index is 1310. The molecule has 7 nitrogen and oxygen atoms in total. The molecule has 5 rings (SSSR count). The second-order valence-electron chi connectivity index (χ2n) is 8.13. The number of phenols is 1. The molecule has 1 aliphatic heterocycles. The van der Waals surface area contributed by atoms with E-state index in [9.17, 15) is 14.7 Å². The summed E-state index contributed by atoms with van der Waals surface area (Å²) >= 11 is 0. The third kappa shape index (κ3) is 4.33. The van der Waals surface area contributed by atoms with Crippen LogP contribution in [0.3, 0.4) is 0 Å². The van der Waals surface area contributed by atoms with E-state index < -0.39 is 11.8 Å². The van der Waals surface area contributed by atoms with Gasteiger partial charge in [0.15, 0.2) is 0 Å². The number of aromatic nitrogens is 2. The van der Waals surface area contributed by atoms with Gasteiger partial charge in [-0.15, -0.1) is 5.06 Å². The number of hydrogen-bond acceptors (Lipinski definition) is 5. The zero-order valence-corrected chi connectivity index (χ0v) is 18.4. The molecule has 1 aromatic heterocycles. The van der Waals surface area contributed by atoms with Crippen molar-refractivity contribution in [2.45, 2.75) is 19.4 Å². The van der Waals surface area contributed by atoms with Gasteiger partial charge in [0, 0.05) is 25.1 Å². The van der Waals surface area contributed by atoms with Gasteiger partial charge in [0.1, 0.15) is 5.75 Å². The van der Waals surface area contributed by atoms with Crippen molar-refractivity contribution in [2.75, 3.05) is 6.61 Å². The molecular weight excluding hydrogens is 430 g/mol. The fraction of sp³-hybridized carbons (Fsp3) is 0.148. The minimum absolute atomic E-state index is 0.138. The smallest absolute Gasteiger partial charge is 0.285 e. The summed E-state index contributed by atoms with van der Waals surface area (Å²) in [6.45, 7) is 0.664. The molecule has 170 valence electrons. The molecule has 1 N–H and O–H groups in total. The number of nitrogens with zero attached hydrogens (tertiary/aromatic N) is 3. The van der Waals surface area contributed by atoms with Crippen LogP contribution in [0, 0.1) is 0 Å². The quantitative estimate of drug-likeness (QED) is 0.408. The topological polar surface area (TPSA) is 84.7 Å². The third-order valence-corrected chi connectivity index (χ3v) is 5.83. The lowest BCUT2D eigenvalue weighted by atomic mass is 10.1. The average molecular weight is 453 g/mol. The first-order chi connectivity index (χ1) is 16.6. The maximum atomic E-state index is 12.6. The van der Waals surface area contributed by atoms with Crippen molar-refractivity contribution >= 4 is 11.8 Å². The number of phenolic OH excluding ortho intramolecular Hbond substituents is 1. The lowest BCUT2D eigenvalue weighted by Gasteiger charge is -2.15. The highest BCUT2D eigenvalue weighted by atomic mass is 16.7. The van der Waals surface area contributed by atoms with Crippen LogP contribution in [0.5, 0.6) is 5.75 Å². The molecule has 2 amide bonds. The first-order valence-electron chi connectivity index (χ1n) is 11.1. The summed E-state index contributed by atoms with van der Waals surface area (Å²) in [5, 5.41) is 10.7. The molecule has 0 unspecified atom stereocenters. The van der Waals surface area contributed by atoms with Gasteiger partial charge < -0.3 is 9.67 Å². The van der Waals surface area contributed by atoms with E-state index >= 15 is 0 Å². The third-order valence-electron chi connectivity index (χ3n) is 5.83. The molecule has 34 heavy (non-hydrogen) atoms. The van der Waals surface area contributed by atoms with Crippen LogP contribution in [0.4, 0.5) is 0 Å². The highest BCUT2D eigenvalue weighted by Gasteiger charge is 2.36. The van der Waals surface area contributed by atoms with Gasteiger partial charge in [0.25, 0.3) is 11.8 Å². The summed E-state index contributed by atoms with van der Waals surface area (Å²) in [5.41, 5.74) is 4.62. The van der Waals surface area contributed by atoms with E-state index in [-0.39, 0.29) is 12.4 Å². The normalized spacial score (nSPS) is 12.9. The van der Waals surface area contributed by atoms with Crippen LogP contribution in [-0.2, 0) is 24.2 Å². The maximum absolute atomic E-state index is 12.6. The Hall–Kier alpha value is -4.23. The minimum Gasteiger partial charge on any atom is -0.508 e. The van der Waals surface area contributed by atoms with Crippen LogP contribution in [0.1, 0.15) is 43.2 Å². The minimum atomic E-state index is -0.446. The van der Waals surface area contributed by atoms with Gasteiger partial charge in [0.05, 0.1) is 29.8 Å². The van der Waals surface area contributed by atoms with E-state index in [4.69, 9.17) is 4.84 Å². The molecule has 2 heterocycles. The largest absolute Gasteiger partial charge is 0.508 e. The van der Waals surface area contributed by atoms with E-state index in [0.29, 0.717) is 30.5 Å². The number of rotatable bonds is 8. The highest BCUT2D eigenvalue weighted by molar-refractivity contribution is 6.20. The van der Waals surface area contributed by atoms with Gasteiger partial charge in [-0.05, 0) is 35.4 Å². The molecule has 4 aromatic rings. The zero-order valence-electron chi connectivity index (χ0n) is 18.4. The van der Waals surface area contributed by atoms with Crippen molar-refractivity contribution in [1.82, 2.24) is 14.6 Å². The number of imidazole rings is 1. The molecule has 0 fully saturated rings. The standard InChI is InChI=1S/C27H23N3O4/c31-21-10-6-9-20(15-21)17-29-18-28-24(16-19-7-2-1-3-8-19)25(29)13-14-34-30-26(32)22-11-4-5-12-23(22)27(30)33/h1-12,15,18,31H,13-14,16-17H2. The molecule has 3 aromatic carbocycles. The number of carbonyl (C=O) groups excluding carboxylic acids is 2. The molecule has 0 spiro atoms. The van der Waals surface area contributed by atoms with E-state index in [2.05, 4.69) is 4.98 Å². The number of amides is 2. The molecule has 1 aliphatic rings. The fourth-order valence-electron chi connectivity index (χ4n) is 4.18. The Balaban J connectivity index is 1.35.